The van der Waals surface area contributed by atoms with E-state index < -0.39 is 0 Å². The Morgan fingerprint density at radius 3 is 2.50 bits per heavy atom. The molecule has 1 fully saturated rings. The van der Waals surface area contributed by atoms with E-state index in [1.54, 1.807) is 11.0 Å². The van der Waals surface area contributed by atoms with E-state index in [9.17, 15) is 9.59 Å². The zero-order valence-electron chi connectivity index (χ0n) is 14.8. The first kappa shape index (κ1) is 18.5. The lowest BCUT2D eigenvalue weighted by molar-refractivity contribution is -0.127. The predicted molar refractivity (Wildman–Crippen MR) is 100.0 cm³/mol. The van der Waals surface area contributed by atoms with Crippen LogP contribution in [0.1, 0.15) is 48.1 Å². The molecule has 0 bridgehead atoms. The molecule has 0 spiro atoms. The predicted octanol–water partition coefficient (Wildman–Crippen LogP) is 4.05. The first-order chi connectivity index (χ1) is 12.6. The second-order valence-corrected chi connectivity index (χ2v) is 7.04. The summed E-state index contributed by atoms with van der Waals surface area (Å²) in [7, 11) is 0. The Bertz CT molecular complexity index is 735. The Kier molecular flexibility index (Phi) is 5.99. The summed E-state index contributed by atoms with van der Waals surface area (Å²) in [5.74, 6) is -0.0443. The van der Waals surface area contributed by atoms with Gasteiger partial charge in [-0.3, -0.25) is 9.59 Å². The molecule has 1 unspecified atom stereocenters. The van der Waals surface area contributed by atoms with Gasteiger partial charge in [-0.15, -0.1) is 0 Å². The minimum absolute atomic E-state index is 0.0228. The molecule has 3 rings (SSSR count). The number of furan rings is 1. The number of nitrogens with one attached hydrogen (secondary N) is 1. The lowest BCUT2D eigenvalue weighted by Gasteiger charge is -2.32. The normalized spacial score (nSPS) is 16.3. The second kappa shape index (κ2) is 8.41. The van der Waals surface area contributed by atoms with E-state index in [4.69, 9.17) is 16.0 Å². The number of piperidine rings is 1. The summed E-state index contributed by atoms with van der Waals surface area (Å²) >= 11 is 5.94. The first-order valence-electron chi connectivity index (χ1n) is 8.95. The molecular formula is C20H23ClN2O3. The van der Waals surface area contributed by atoms with Gasteiger partial charge in [0.25, 0.3) is 5.91 Å². The molecule has 1 aliphatic heterocycles. The van der Waals surface area contributed by atoms with Crippen LogP contribution in [0, 0.1) is 5.92 Å². The lowest BCUT2D eigenvalue weighted by Crippen LogP contribution is -2.43. The number of carbonyl (C=O) groups excluding carboxylic acids is 2. The maximum absolute atomic E-state index is 12.7. The van der Waals surface area contributed by atoms with Crippen LogP contribution in [0.2, 0.25) is 5.02 Å². The van der Waals surface area contributed by atoms with E-state index in [-0.39, 0.29) is 23.8 Å². The van der Waals surface area contributed by atoms with E-state index in [0.717, 1.165) is 12.0 Å². The quantitative estimate of drug-likeness (QED) is 0.858. The van der Waals surface area contributed by atoms with Crippen LogP contribution >= 0.6 is 11.6 Å². The Morgan fingerprint density at radius 2 is 1.92 bits per heavy atom. The number of rotatable bonds is 5. The van der Waals surface area contributed by atoms with Gasteiger partial charge in [-0.1, -0.05) is 30.7 Å². The number of halogens is 1. The summed E-state index contributed by atoms with van der Waals surface area (Å²) in [6.07, 6.45) is 5.11. The minimum atomic E-state index is -0.0650. The van der Waals surface area contributed by atoms with Crippen molar-refractivity contribution in [3.8, 4) is 0 Å². The highest BCUT2D eigenvalue weighted by Gasteiger charge is 2.29. The SMILES string of the molecule is CCC(NC(=O)C1CCN(C(=O)c2ccoc2)CC1)c1ccc(Cl)cc1. The Morgan fingerprint density at radius 1 is 1.23 bits per heavy atom. The van der Waals surface area contributed by atoms with Gasteiger partial charge >= 0.3 is 0 Å². The van der Waals surface area contributed by atoms with E-state index in [2.05, 4.69) is 5.32 Å². The maximum atomic E-state index is 12.7. The van der Waals surface area contributed by atoms with Crippen molar-refractivity contribution < 1.29 is 14.0 Å². The van der Waals surface area contributed by atoms with Gasteiger partial charge in [0.1, 0.15) is 6.26 Å². The van der Waals surface area contributed by atoms with E-state index in [1.165, 1.54) is 12.5 Å². The lowest BCUT2D eigenvalue weighted by atomic mass is 9.94. The topological polar surface area (TPSA) is 62.6 Å². The van der Waals surface area contributed by atoms with Gasteiger partial charge in [0.15, 0.2) is 0 Å². The maximum Gasteiger partial charge on any atom is 0.257 e. The second-order valence-electron chi connectivity index (χ2n) is 6.60. The third-order valence-corrected chi connectivity index (χ3v) is 5.17. The number of likely N-dealkylation sites (tertiary alicyclic amines) is 1. The molecule has 26 heavy (non-hydrogen) atoms. The molecule has 5 nitrogen and oxygen atoms in total. The third-order valence-electron chi connectivity index (χ3n) is 4.92. The highest BCUT2D eigenvalue weighted by atomic mass is 35.5. The van der Waals surface area contributed by atoms with Crippen molar-refractivity contribution in [3.63, 3.8) is 0 Å². The average molecular weight is 375 g/mol. The standard InChI is InChI=1S/C20H23ClN2O3/c1-2-18(14-3-5-17(21)6-4-14)22-19(24)15-7-10-23(11-8-15)20(25)16-9-12-26-13-16/h3-6,9,12-13,15,18H,2,7-8,10-11H2,1H3,(H,22,24). The van der Waals surface area contributed by atoms with E-state index >= 15 is 0 Å². The minimum Gasteiger partial charge on any atom is -0.472 e. The number of amides is 2. The summed E-state index contributed by atoms with van der Waals surface area (Å²) in [4.78, 5) is 26.8. The van der Waals surface area contributed by atoms with Crippen molar-refractivity contribution in [1.29, 1.82) is 0 Å². The van der Waals surface area contributed by atoms with E-state index in [0.29, 0.717) is 36.5 Å². The highest BCUT2D eigenvalue weighted by molar-refractivity contribution is 6.30. The summed E-state index contributed by atoms with van der Waals surface area (Å²) in [5.41, 5.74) is 1.61. The number of hydrogen-bond acceptors (Lipinski definition) is 3. The van der Waals surface area contributed by atoms with Crippen molar-refractivity contribution in [3.05, 3.63) is 59.0 Å². The van der Waals surface area contributed by atoms with Crippen molar-refractivity contribution >= 4 is 23.4 Å². The van der Waals surface area contributed by atoms with Crippen LogP contribution in [-0.2, 0) is 4.79 Å². The van der Waals surface area contributed by atoms with Crippen LogP contribution < -0.4 is 5.32 Å². The number of hydrogen-bond donors (Lipinski definition) is 1. The van der Waals surface area contributed by atoms with Gasteiger partial charge in [-0.25, -0.2) is 0 Å². The van der Waals surface area contributed by atoms with Crippen LogP contribution in [0.5, 0.6) is 0 Å². The van der Waals surface area contributed by atoms with Gasteiger partial charge < -0.3 is 14.6 Å². The van der Waals surface area contributed by atoms with Crippen LogP contribution in [0.3, 0.4) is 0 Å². The van der Waals surface area contributed by atoms with Crippen LogP contribution in [0.25, 0.3) is 0 Å². The van der Waals surface area contributed by atoms with Crippen molar-refractivity contribution in [1.82, 2.24) is 10.2 Å². The van der Waals surface area contributed by atoms with Gasteiger partial charge in [-0.05, 0) is 43.0 Å². The molecule has 138 valence electrons. The first-order valence-corrected chi connectivity index (χ1v) is 9.33. The molecule has 0 saturated carbocycles. The van der Waals surface area contributed by atoms with Crippen molar-refractivity contribution in [2.24, 2.45) is 5.92 Å². The summed E-state index contributed by atoms with van der Waals surface area (Å²) in [6.45, 7) is 3.21. The molecule has 1 atom stereocenters. The highest BCUT2D eigenvalue weighted by Crippen LogP contribution is 2.23. The molecule has 6 heteroatoms. The third kappa shape index (κ3) is 4.28. The molecule has 2 amide bonds. The van der Waals surface area contributed by atoms with Gasteiger partial charge in [0, 0.05) is 24.0 Å². The molecule has 1 aliphatic rings. The zero-order valence-corrected chi connectivity index (χ0v) is 15.5. The monoisotopic (exact) mass is 374 g/mol. The van der Waals surface area contributed by atoms with Gasteiger partial charge in [0.05, 0.1) is 17.9 Å². The number of nitrogens with zero attached hydrogens (tertiary/aromatic N) is 1. The molecule has 0 radical (unpaired) electrons. The van der Waals surface area contributed by atoms with Crippen molar-refractivity contribution in [2.45, 2.75) is 32.2 Å². The Labute approximate surface area is 158 Å². The zero-order chi connectivity index (χ0) is 18.5. The van der Waals surface area contributed by atoms with Crippen LogP contribution in [-0.4, -0.2) is 29.8 Å². The molecular weight excluding hydrogens is 352 g/mol. The molecule has 2 aromatic rings. The largest absolute Gasteiger partial charge is 0.472 e. The fraction of sp³-hybridized carbons (Fsp3) is 0.400. The summed E-state index contributed by atoms with van der Waals surface area (Å²) < 4.78 is 4.97. The van der Waals surface area contributed by atoms with Crippen molar-refractivity contribution in [2.75, 3.05) is 13.1 Å². The fourth-order valence-corrected chi connectivity index (χ4v) is 3.45. The molecule has 1 aromatic heterocycles. The Hall–Kier alpha value is -2.27. The molecule has 2 heterocycles. The van der Waals surface area contributed by atoms with Gasteiger partial charge in [-0.2, -0.15) is 0 Å². The van der Waals surface area contributed by atoms with Crippen LogP contribution in [0.4, 0.5) is 0 Å². The van der Waals surface area contributed by atoms with E-state index in [1.807, 2.05) is 31.2 Å². The smallest absolute Gasteiger partial charge is 0.257 e. The molecule has 1 saturated heterocycles. The fourth-order valence-electron chi connectivity index (χ4n) is 3.32. The van der Waals surface area contributed by atoms with Gasteiger partial charge in [0.2, 0.25) is 5.91 Å². The number of carbonyl (C=O) groups is 2. The molecule has 0 aliphatic carbocycles. The molecule has 1 aromatic carbocycles. The summed E-state index contributed by atoms with van der Waals surface area (Å²) in [6, 6.07) is 9.22. The Balaban J connectivity index is 1.54. The average Bonchev–Trinajstić information content (AvgIpc) is 3.21. The summed E-state index contributed by atoms with van der Waals surface area (Å²) in [5, 5.41) is 3.83. The number of benzene rings is 1. The molecule has 1 N–H and O–H groups in total. The van der Waals surface area contributed by atoms with Crippen LogP contribution in [0.15, 0.2) is 47.3 Å².